The Kier molecular flexibility index (Phi) is 8.13. The second kappa shape index (κ2) is 11.0. The molecule has 11 heteroatoms. The fraction of sp³-hybridized carbons (Fsp3) is 0.435. The van der Waals surface area contributed by atoms with Crippen molar-refractivity contribution in [2.75, 3.05) is 32.2 Å². The predicted octanol–water partition coefficient (Wildman–Crippen LogP) is 2.41. The van der Waals surface area contributed by atoms with E-state index in [1.807, 2.05) is 33.2 Å². The maximum Gasteiger partial charge on any atom is 0.240 e. The molecule has 5 rings (SSSR count). The van der Waals surface area contributed by atoms with E-state index in [0.717, 1.165) is 30.2 Å². The van der Waals surface area contributed by atoms with E-state index < -0.39 is 0 Å². The number of fused-ring (bicyclic) bond motifs is 2. The summed E-state index contributed by atoms with van der Waals surface area (Å²) in [4.78, 5) is 19.8. The normalized spacial score (nSPS) is 14.6. The Balaban J connectivity index is 0.000000246. The number of nitrogens with two attached hydrogens (primary N) is 1. The van der Waals surface area contributed by atoms with Gasteiger partial charge in [-0.15, -0.1) is 5.10 Å². The predicted molar refractivity (Wildman–Crippen MR) is 133 cm³/mol. The van der Waals surface area contributed by atoms with Gasteiger partial charge in [0.05, 0.1) is 23.1 Å². The lowest BCUT2D eigenvalue weighted by Crippen LogP contribution is -2.26. The van der Waals surface area contributed by atoms with Gasteiger partial charge < -0.3 is 21.5 Å². The first-order chi connectivity index (χ1) is 16.3. The van der Waals surface area contributed by atoms with Gasteiger partial charge in [0.1, 0.15) is 5.52 Å². The maximum absolute atomic E-state index is 11.1. The van der Waals surface area contributed by atoms with Crippen LogP contribution in [-0.2, 0) is 0 Å². The molecule has 4 heterocycles. The molecule has 0 aliphatic heterocycles. The zero-order valence-corrected chi connectivity index (χ0v) is 20.1. The fourth-order valence-corrected chi connectivity index (χ4v) is 3.86. The van der Waals surface area contributed by atoms with Crippen molar-refractivity contribution in [2.45, 2.75) is 44.6 Å². The average Bonchev–Trinajstić information content (AvgIpc) is 3.42. The summed E-state index contributed by atoms with van der Waals surface area (Å²) in [6.45, 7) is 1.94. The SMILES string of the molecule is CC1(O)CCCCC1.CNC.CNc1nc(N)nn2ccc(-c3ccn4ncc(C=O)c4n3)c12. The van der Waals surface area contributed by atoms with E-state index in [0.29, 0.717) is 22.7 Å². The topological polar surface area (TPSA) is 148 Å². The van der Waals surface area contributed by atoms with Crippen LogP contribution in [0.15, 0.2) is 30.7 Å². The molecule has 1 aliphatic carbocycles. The Bertz CT molecular complexity index is 1240. The van der Waals surface area contributed by atoms with Gasteiger partial charge in [-0.1, -0.05) is 19.3 Å². The van der Waals surface area contributed by atoms with Crippen LogP contribution >= 0.6 is 0 Å². The summed E-state index contributed by atoms with van der Waals surface area (Å²) in [7, 11) is 5.51. The Morgan fingerprint density at radius 3 is 2.35 bits per heavy atom. The van der Waals surface area contributed by atoms with E-state index in [9.17, 15) is 9.90 Å². The minimum absolute atomic E-state index is 0.173. The fourth-order valence-electron chi connectivity index (χ4n) is 3.86. The molecule has 4 aromatic rings. The Morgan fingerprint density at radius 1 is 1.09 bits per heavy atom. The van der Waals surface area contributed by atoms with Gasteiger partial charge in [-0.25, -0.2) is 14.0 Å². The van der Waals surface area contributed by atoms with Gasteiger partial charge >= 0.3 is 0 Å². The molecule has 0 atom stereocenters. The van der Waals surface area contributed by atoms with Gasteiger partial charge in [0.15, 0.2) is 17.8 Å². The second-order valence-corrected chi connectivity index (χ2v) is 8.45. The van der Waals surface area contributed by atoms with Gasteiger partial charge in [0, 0.05) is 25.0 Å². The second-order valence-electron chi connectivity index (χ2n) is 8.45. The van der Waals surface area contributed by atoms with Crippen LogP contribution in [0.3, 0.4) is 0 Å². The van der Waals surface area contributed by atoms with Crippen LogP contribution in [-0.4, -0.2) is 67.3 Å². The molecule has 34 heavy (non-hydrogen) atoms. The number of nitrogen functional groups attached to an aromatic ring is 1. The molecule has 182 valence electrons. The molecule has 0 aromatic carbocycles. The Hall–Kier alpha value is -3.57. The summed E-state index contributed by atoms with van der Waals surface area (Å²) < 4.78 is 3.20. The Labute approximate surface area is 198 Å². The molecule has 0 radical (unpaired) electrons. The van der Waals surface area contributed by atoms with E-state index in [1.165, 1.54) is 25.5 Å². The van der Waals surface area contributed by atoms with Crippen LogP contribution in [0.2, 0.25) is 0 Å². The number of carbonyl (C=O) groups excluding carboxylic acids is 1. The quantitative estimate of drug-likeness (QED) is 0.333. The van der Waals surface area contributed by atoms with Crippen LogP contribution in [0.5, 0.6) is 0 Å². The van der Waals surface area contributed by atoms with E-state index in [2.05, 4.69) is 30.8 Å². The molecule has 4 aromatic heterocycles. The molecular weight excluding hydrogens is 434 g/mol. The molecule has 0 bridgehead atoms. The largest absolute Gasteiger partial charge is 0.390 e. The number of nitrogens with one attached hydrogen (secondary N) is 2. The van der Waals surface area contributed by atoms with Crippen LogP contribution in [0.1, 0.15) is 49.4 Å². The summed E-state index contributed by atoms with van der Waals surface area (Å²) in [5.41, 5.74) is 8.58. The van der Waals surface area contributed by atoms with Crippen LogP contribution < -0.4 is 16.4 Å². The number of hydrogen-bond donors (Lipinski definition) is 4. The van der Waals surface area contributed by atoms with Gasteiger partial charge in [0.2, 0.25) is 5.95 Å². The minimum atomic E-state index is -0.321. The third-order valence-corrected chi connectivity index (χ3v) is 5.49. The summed E-state index contributed by atoms with van der Waals surface area (Å²) in [5, 5.41) is 23.4. The summed E-state index contributed by atoms with van der Waals surface area (Å²) in [6, 6.07) is 3.69. The zero-order valence-electron chi connectivity index (χ0n) is 20.1. The van der Waals surface area contributed by atoms with Crippen molar-refractivity contribution in [1.82, 2.24) is 34.5 Å². The number of aliphatic hydroxyl groups is 1. The lowest BCUT2D eigenvalue weighted by atomic mass is 9.87. The highest BCUT2D eigenvalue weighted by atomic mass is 16.3. The number of carbonyl (C=O) groups is 1. The van der Waals surface area contributed by atoms with Crippen molar-refractivity contribution in [1.29, 1.82) is 0 Å². The van der Waals surface area contributed by atoms with Crippen molar-refractivity contribution in [3.63, 3.8) is 0 Å². The van der Waals surface area contributed by atoms with Gasteiger partial charge in [0.25, 0.3) is 0 Å². The highest BCUT2D eigenvalue weighted by molar-refractivity contribution is 5.89. The molecule has 0 unspecified atom stereocenters. The first-order valence-electron chi connectivity index (χ1n) is 11.3. The highest BCUT2D eigenvalue weighted by Gasteiger charge is 2.22. The maximum atomic E-state index is 11.1. The molecule has 0 amide bonds. The monoisotopic (exact) mass is 467 g/mol. The molecule has 0 spiro atoms. The van der Waals surface area contributed by atoms with E-state index >= 15 is 0 Å². The van der Waals surface area contributed by atoms with E-state index in [4.69, 9.17) is 5.73 Å². The van der Waals surface area contributed by atoms with Crippen molar-refractivity contribution in [3.05, 3.63) is 36.3 Å². The molecule has 5 N–H and O–H groups in total. The van der Waals surface area contributed by atoms with Crippen LogP contribution in [0.25, 0.3) is 22.4 Å². The lowest BCUT2D eigenvalue weighted by molar-refractivity contribution is 0.0225. The molecular formula is C23H33N9O2. The zero-order chi connectivity index (χ0) is 24.7. The van der Waals surface area contributed by atoms with Crippen LogP contribution in [0.4, 0.5) is 11.8 Å². The van der Waals surface area contributed by atoms with Crippen molar-refractivity contribution < 1.29 is 9.90 Å². The van der Waals surface area contributed by atoms with Crippen molar-refractivity contribution >= 4 is 29.2 Å². The molecule has 0 saturated heterocycles. The van der Waals surface area contributed by atoms with Gasteiger partial charge in [-0.05, 0) is 46.0 Å². The summed E-state index contributed by atoms with van der Waals surface area (Å²) in [5.74, 6) is 0.773. The number of rotatable bonds is 3. The third-order valence-electron chi connectivity index (χ3n) is 5.49. The standard InChI is InChI=1S/C14H12N8O.C7H14O.C2H7N/c1-16-12-11-9(2-4-21(11)20-14(15)19-12)10-3-5-22-13(18-10)8(7-23)6-17-22;1-7(8)5-3-2-4-6-7;1-3-2/h2-7H,1H3,(H3,15,16,19,20);8H,2-6H2,1H3;3H,1-2H3. The first kappa shape index (κ1) is 25.1. The number of aromatic nitrogens is 6. The lowest BCUT2D eigenvalue weighted by Gasteiger charge is -2.27. The third kappa shape index (κ3) is 5.67. The highest BCUT2D eigenvalue weighted by Crippen LogP contribution is 2.29. The van der Waals surface area contributed by atoms with Crippen molar-refractivity contribution in [3.8, 4) is 11.3 Å². The summed E-state index contributed by atoms with van der Waals surface area (Å²) in [6.07, 6.45) is 11.5. The van der Waals surface area contributed by atoms with Gasteiger partial charge in [-0.2, -0.15) is 10.1 Å². The van der Waals surface area contributed by atoms with E-state index in [-0.39, 0.29) is 11.5 Å². The number of anilines is 2. The summed E-state index contributed by atoms with van der Waals surface area (Å²) >= 11 is 0. The number of aldehydes is 1. The minimum Gasteiger partial charge on any atom is -0.390 e. The molecule has 1 saturated carbocycles. The van der Waals surface area contributed by atoms with Gasteiger partial charge in [-0.3, -0.25) is 4.79 Å². The number of hydrogen-bond acceptors (Lipinski definition) is 9. The molecule has 11 nitrogen and oxygen atoms in total. The van der Waals surface area contributed by atoms with Crippen LogP contribution in [0, 0.1) is 0 Å². The van der Waals surface area contributed by atoms with Crippen molar-refractivity contribution in [2.24, 2.45) is 0 Å². The smallest absolute Gasteiger partial charge is 0.240 e. The first-order valence-corrected chi connectivity index (χ1v) is 11.3. The average molecular weight is 468 g/mol. The number of nitrogens with zero attached hydrogens (tertiary/aromatic N) is 6. The van der Waals surface area contributed by atoms with E-state index in [1.54, 1.807) is 28.5 Å². The molecule has 1 aliphatic rings. The molecule has 1 fully saturated rings. The Morgan fingerprint density at radius 2 is 1.76 bits per heavy atom.